The van der Waals surface area contributed by atoms with Crippen LogP contribution in [0.4, 0.5) is 26.1 Å². The molecule has 2 rings (SSSR count). The van der Waals surface area contributed by atoms with Crippen LogP contribution in [0.1, 0.15) is 6.92 Å². The fourth-order valence-electron chi connectivity index (χ4n) is 1.51. The van der Waals surface area contributed by atoms with Gasteiger partial charge >= 0.3 is 0 Å². The molecule has 0 radical (unpaired) electrons. The fraction of sp³-hybridized carbons (Fsp3) is 0.154. The molecule has 0 aliphatic carbocycles. The summed E-state index contributed by atoms with van der Waals surface area (Å²) in [5, 5.41) is 5.86. The Morgan fingerprint density at radius 1 is 1.11 bits per heavy atom. The summed E-state index contributed by atoms with van der Waals surface area (Å²) in [5.74, 6) is -0.0537. The first-order chi connectivity index (χ1) is 8.69. The second-order valence-corrected chi connectivity index (χ2v) is 3.69. The Hall–Kier alpha value is -2.17. The molecule has 2 N–H and O–H groups in total. The average Bonchev–Trinajstić information content (AvgIpc) is 2.34. The van der Waals surface area contributed by atoms with Crippen LogP contribution >= 0.6 is 0 Å². The van der Waals surface area contributed by atoms with Crippen molar-refractivity contribution < 1.29 is 8.78 Å². The number of hydrogen-bond donors (Lipinski definition) is 2. The maximum atomic E-state index is 13.4. The van der Waals surface area contributed by atoms with Crippen LogP contribution in [0.25, 0.3) is 0 Å². The van der Waals surface area contributed by atoms with Gasteiger partial charge in [-0.2, -0.15) is 0 Å². The molecule has 0 saturated heterocycles. The topological polar surface area (TPSA) is 37.0 Å². The van der Waals surface area contributed by atoms with Gasteiger partial charge in [-0.3, -0.25) is 0 Å². The van der Waals surface area contributed by atoms with E-state index in [9.17, 15) is 8.78 Å². The number of nitrogens with one attached hydrogen (secondary N) is 2. The molecule has 0 amide bonds. The van der Waals surface area contributed by atoms with E-state index < -0.39 is 11.6 Å². The largest absolute Gasteiger partial charge is 0.370 e. The molecule has 3 nitrogen and oxygen atoms in total. The zero-order chi connectivity index (χ0) is 13.0. The molecule has 0 atom stereocenters. The molecule has 0 unspecified atom stereocenters. The Labute approximate surface area is 104 Å². The minimum absolute atomic E-state index is 0.192. The lowest BCUT2D eigenvalue weighted by Crippen LogP contribution is -2.02. The van der Waals surface area contributed by atoms with Crippen molar-refractivity contribution in [3.8, 4) is 0 Å². The lowest BCUT2D eigenvalue weighted by Gasteiger charge is -2.08. The van der Waals surface area contributed by atoms with E-state index in [1.54, 1.807) is 12.1 Å². The van der Waals surface area contributed by atoms with E-state index in [0.29, 0.717) is 11.6 Å². The van der Waals surface area contributed by atoms with Crippen LogP contribution in [-0.2, 0) is 0 Å². The number of benzene rings is 1. The van der Waals surface area contributed by atoms with Gasteiger partial charge in [-0.05, 0) is 31.2 Å². The third-order valence-electron chi connectivity index (χ3n) is 2.30. The van der Waals surface area contributed by atoms with Crippen LogP contribution in [-0.4, -0.2) is 11.5 Å². The van der Waals surface area contributed by atoms with Crippen LogP contribution in [0.5, 0.6) is 0 Å². The quantitative estimate of drug-likeness (QED) is 0.870. The Kier molecular flexibility index (Phi) is 3.72. The van der Waals surface area contributed by atoms with E-state index in [-0.39, 0.29) is 5.69 Å². The van der Waals surface area contributed by atoms with Gasteiger partial charge in [0.25, 0.3) is 0 Å². The minimum atomic E-state index is -0.648. The summed E-state index contributed by atoms with van der Waals surface area (Å²) in [6.07, 6.45) is 0. The van der Waals surface area contributed by atoms with E-state index in [2.05, 4.69) is 15.6 Å². The maximum absolute atomic E-state index is 13.4. The van der Waals surface area contributed by atoms with Crippen LogP contribution in [0.15, 0.2) is 36.4 Å². The summed E-state index contributed by atoms with van der Waals surface area (Å²) >= 11 is 0. The molecular weight excluding hydrogens is 236 g/mol. The molecular formula is C13H13F2N3. The molecule has 1 heterocycles. The summed E-state index contributed by atoms with van der Waals surface area (Å²) in [5.41, 5.74) is 0.192. The molecule has 0 saturated carbocycles. The second kappa shape index (κ2) is 5.44. The van der Waals surface area contributed by atoms with Gasteiger partial charge in [0.05, 0.1) is 5.69 Å². The minimum Gasteiger partial charge on any atom is -0.370 e. The lowest BCUT2D eigenvalue weighted by molar-refractivity contribution is 0.586. The summed E-state index contributed by atoms with van der Waals surface area (Å²) < 4.78 is 26.2. The molecule has 5 heteroatoms. The van der Waals surface area contributed by atoms with Crippen molar-refractivity contribution in [3.05, 3.63) is 48.0 Å². The molecule has 0 fully saturated rings. The highest BCUT2D eigenvalue weighted by molar-refractivity contribution is 5.58. The zero-order valence-corrected chi connectivity index (χ0v) is 9.87. The van der Waals surface area contributed by atoms with Gasteiger partial charge < -0.3 is 10.6 Å². The maximum Gasteiger partial charge on any atom is 0.149 e. The number of nitrogens with zero attached hydrogens (tertiary/aromatic N) is 1. The molecule has 1 aromatic heterocycles. The van der Waals surface area contributed by atoms with E-state index in [0.717, 1.165) is 12.6 Å². The first kappa shape index (κ1) is 12.3. The number of aromatic nitrogens is 1. The first-order valence-corrected chi connectivity index (χ1v) is 5.62. The van der Waals surface area contributed by atoms with Crippen molar-refractivity contribution in [1.29, 1.82) is 0 Å². The molecule has 2 aromatic rings. The van der Waals surface area contributed by atoms with E-state index in [1.807, 2.05) is 13.0 Å². The van der Waals surface area contributed by atoms with Crippen molar-refractivity contribution >= 4 is 17.3 Å². The van der Waals surface area contributed by atoms with Crippen molar-refractivity contribution in [2.45, 2.75) is 6.92 Å². The van der Waals surface area contributed by atoms with Gasteiger partial charge in [-0.15, -0.1) is 0 Å². The predicted octanol–water partition coefficient (Wildman–Crippen LogP) is 3.54. The second-order valence-electron chi connectivity index (χ2n) is 3.69. The summed E-state index contributed by atoms with van der Waals surface area (Å²) in [7, 11) is 0. The normalized spacial score (nSPS) is 10.2. The molecule has 0 aliphatic heterocycles. The van der Waals surface area contributed by atoms with Gasteiger partial charge in [0.2, 0.25) is 0 Å². The molecule has 1 aromatic carbocycles. The Balaban J connectivity index is 2.20. The van der Waals surface area contributed by atoms with E-state index in [1.165, 1.54) is 12.1 Å². The Morgan fingerprint density at radius 3 is 2.61 bits per heavy atom. The predicted molar refractivity (Wildman–Crippen MR) is 68.0 cm³/mol. The van der Waals surface area contributed by atoms with Crippen molar-refractivity contribution in [2.75, 3.05) is 17.2 Å². The van der Waals surface area contributed by atoms with Gasteiger partial charge in [-0.25, -0.2) is 13.8 Å². The summed E-state index contributed by atoms with van der Waals surface area (Å²) in [4.78, 5) is 4.24. The van der Waals surface area contributed by atoms with Crippen molar-refractivity contribution in [2.24, 2.45) is 0 Å². The SMILES string of the molecule is CCNc1cccc(Nc2ccc(F)cc2F)n1. The van der Waals surface area contributed by atoms with E-state index in [4.69, 9.17) is 0 Å². The van der Waals surface area contributed by atoms with E-state index >= 15 is 0 Å². The zero-order valence-electron chi connectivity index (χ0n) is 9.87. The Bertz CT molecular complexity index is 544. The highest BCUT2D eigenvalue weighted by atomic mass is 19.1. The lowest BCUT2D eigenvalue weighted by atomic mass is 10.3. The Morgan fingerprint density at radius 2 is 1.89 bits per heavy atom. The number of hydrogen-bond acceptors (Lipinski definition) is 3. The highest BCUT2D eigenvalue weighted by Crippen LogP contribution is 2.20. The van der Waals surface area contributed by atoms with Gasteiger partial charge in [0, 0.05) is 12.6 Å². The third-order valence-corrected chi connectivity index (χ3v) is 2.30. The van der Waals surface area contributed by atoms with Crippen LogP contribution in [0.2, 0.25) is 0 Å². The van der Waals surface area contributed by atoms with Crippen molar-refractivity contribution in [1.82, 2.24) is 4.98 Å². The fourth-order valence-corrected chi connectivity index (χ4v) is 1.51. The van der Waals surface area contributed by atoms with Crippen LogP contribution < -0.4 is 10.6 Å². The molecule has 0 bridgehead atoms. The first-order valence-electron chi connectivity index (χ1n) is 5.62. The number of pyridine rings is 1. The average molecular weight is 249 g/mol. The summed E-state index contributed by atoms with van der Waals surface area (Å²) in [6, 6.07) is 8.69. The molecule has 18 heavy (non-hydrogen) atoms. The third kappa shape index (κ3) is 2.94. The van der Waals surface area contributed by atoms with Crippen LogP contribution in [0, 0.1) is 11.6 Å². The van der Waals surface area contributed by atoms with Gasteiger partial charge in [-0.1, -0.05) is 6.07 Å². The smallest absolute Gasteiger partial charge is 0.149 e. The highest BCUT2D eigenvalue weighted by Gasteiger charge is 2.04. The molecule has 0 spiro atoms. The van der Waals surface area contributed by atoms with Crippen LogP contribution in [0.3, 0.4) is 0 Å². The van der Waals surface area contributed by atoms with Gasteiger partial charge in [0.1, 0.15) is 23.3 Å². The molecule has 0 aliphatic rings. The number of rotatable bonds is 4. The number of halogens is 2. The number of anilines is 3. The monoisotopic (exact) mass is 249 g/mol. The van der Waals surface area contributed by atoms with Crippen molar-refractivity contribution in [3.63, 3.8) is 0 Å². The standard InChI is InChI=1S/C13H13F2N3/c1-2-16-12-4-3-5-13(18-12)17-11-7-6-9(14)8-10(11)15/h3-8H,2H2,1H3,(H2,16,17,18). The summed E-state index contributed by atoms with van der Waals surface area (Å²) in [6.45, 7) is 2.71. The molecule has 94 valence electrons. The van der Waals surface area contributed by atoms with Gasteiger partial charge in [0.15, 0.2) is 0 Å².